The van der Waals surface area contributed by atoms with Crippen molar-refractivity contribution in [2.24, 2.45) is 7.05 Å². The molecule has 0 unspecified atom stereocenters. The lowest BCUT2D eigenvalue weighted by molar-refractivity contribution is 0.205. The first kappa shape index (κ1) is 20.1. The first-order chi connectivity index (χ1) is 13.6. The molecule has 28 heavy (non-hydrogen) atoms. The monoisotopic (exact) mass is 398 g/mol. The Morgan fingerprint density at radius 2 is 1.71 bits per heavy atom. The van der Waals surface area contributed by atoms with Crippen LogP contribution in [-0.4, -0.2) is 32.9 Å². The van der Waals surface area contributed by atoms with Gasteiger partial charge in [-0.05, 0) is 48.6 Å². The van der Waals surface area contributed by atoms with E-state index in [1.165, 1.54) is 5.56 Å². The van der Waals surface area contributed by atoms with E-state index in [9.17, 15) is 0 Å². The van der Waals surface area contributed by atoms with E-state index >= 15 is 0 Å². The molecule has 0 atom stereocenters. The van der Waals surface area contributed by atoms with Crippen molar-refractivity contribution in [3.05, 3.63) is 70.8 Å². The fourth-order valence-corrected chi connectivity index (χ4v) is 3.07. The Kier molecular flexibility index (Phi) is 6.84. The van der Waals surface area contributed by atoms with Gasteiger partial charge in [-0.3, -0.25) is 4.90 Å². The van der Waals surface area contributed by atoms with Gasteiger partial charge in [0, 0.05) is 13.6 Å². The standard InChI is InChI=1S/C21H26N4O2S/c1-4-24(14-17-8-6-5-7-9-17)16-25-21(28)23(2)20(22-25)15-27-19-12-10-18(26-3)11-13-19/h5-13H,4,14-16H2,1-3H3. The van der Waals surface area contributed by atoms with E-state index in [2.05, 4.69) is 41.2 Å². The molecule has 3 rings (SSSR count). The zero-order valence-corrected chi connectivity index (χ0v) is 17.4. The largest absolute Gasteiger partial charge is 0.497 e. The predicted octanol–water partition coefficient (Wildman–Crippen LogP) is 4.02. The van der Waals surface area contributed by atoms with Gasteiger partial charge in [-0.1, -0.05) is 37.3 Å². The van der Waals surface area contributed by atoms with Crippen molar-refractivity contribution < 1.29 is 9.47 Å². The van der Waals surface area contributed by atoms with E-state index in [0.717, 1.165) is 30.4 Å². The first-order valence-electron chi connectivity index (χ1n) is 9.26. The molecule has 1 aromatic heterocycles. The zero-order valence-electron chi connectivity index (χ0n) is 16.5. The summed E-state index contributed by atoms with van der Waals surface area (Å²) in [5, 5.41) is 4.67. The third-order valence-corrected chi connectivity index (χ3v) is 5.07. The molecule has 0 N–H and O–H groups in total. The van der Waals surface area contributed by atoms with Gasteiger partial charge >= 0.3 is 0 Å². The summed E-state index contributed by atoms with van der Waals surface area (Å²) in [7, 11) is 3.57. The highest BCUT2D eigenvalue weighted by Crippen LogP contribution is 2.18. The molecule has 3 aromatic rings. The van der Waals surface area contributed by atoms with Gasteiger partial charge < -0.3 is 14.0 Å². The van der Waals surface area contributed by atoms with E-state index in [-0.39, 0.29) is 0 Å². The quantitative estimate of drug-likeness (QED) is 0.510. The Bertz CT molecular complexity index is 935. The van der Waals surface area contributed by atoms with Crippen LogP contribution in [0.3, 0.4) is 0 Å². The molecule has 0 aliphatic heterocycles. The van der Waals surface area contributed by atoms with Gasteiger partial charge in [-0.25, -0.2) is 4.68 Å². The molecule has 0 amide bonds. The number of methoxy groups -OCH3 is 1. The minimum atomic E-state index is 0.351. The maximum atomic E-state index is 5.86. The number of rotatable bonds is 9. The molecule has 0 spiro atoms. The second-order valence-corrected chi connectivity index (χ2v) is 6.86. The van der Waals surface area contributed by atoms with Gasteiger partial charge in [0.25, 0.3) is 0 Å². The summed E-state index contributed by atoms with van der Waals surface area (Å²) in [4.78, 5) is 2.30. The van der Waals surface area contributed by atoms with Crippen LogP contribution in [0.2, 0.25) is 0 Å². The number of hydrogen-bond acceptors (Lipinski definition) is 5. The molecule has 7 heteroatoms. The van der Waals surface area contributed by atoms with Crippen molar-refractivity contribution in [3.8, 4) is 11.5 Å². The topological polar surface area (TPSA) is 44.5 Å². The summed E-state index contributed by atoms with van der Waals surface area (Å²) in [5.74, 6) is 2.35. The van der Waals surface area contributed by atoms with Crippen LogP contribution in [0.1, 0.15) is 18.3 Å². The van der Waals surface area contributed by atoms with Crippen molar-refractivity contribution in [1.29, 1.82) is 0 Å². The van der Waals surface area contributed by atoms with Crippen molar-refractivity contribution >= 4 is 12.2 Å². The Labute approximate surface area is 170 Å². The number of benzene rings is 2. The molecule has 2 aromatic carbocycles. The third kappa shape index (κ3) is 4.99. The molecule has 0 fully saturated rings. The van der Waals surface area contributed by atoms with E-state index in [1.807, 2.05) is 46.6 Å². The lowest BCUT2D eigenvalue weighted by Gasteiger charge is -2.20. The number of nitrogens with zero attached hydrogens (tertiary/aromatic N) is 4. The molecule has 0 aliphatic carbocycles. The van der Waals surface area contributed by atoms with Crippen molar-refractivity contribution in [1.82, 2.24) is 19.2 Å². The van der Waals surface area contributed by atoms with Crippen molar-refractivity contribution in [2.75, 3.05) is 13.7 Å². The average molecular weight is 399 g/mol. The molecule has 0 aliphatic rings. The van der Waals surface area contributed by atoms with Crippen molar-refractivity contribution in [2.45, 2.75) is 26.7 Å². The fourth-order valence-electron chi connectivity index (χ4n) is 2.86. The normalized spacial score (nSPS) is 11.0. The van der Waals surface area contributed by atoms with Gasteiger partial charge in [0.1, 0.15) is 18.1 Å². The molecule has 148 valence electrons. The van der Waals surface area contributed by atoms with Gasteiger partial charge in [0.15, 0.2) is 10.6 Å². The number of aromatic nitrogens is 3. The summed E-state index contributed by atoms with van der Waals surface area (Å²) in [6, 6.07) is 17.9. The summed E-state index contributed by atoms with van der Waals surface area (Å²) in [5.41, 5.74) is 1.27. The Morgan fingerprint density at radius 3 is 2.36 bits per heavy atom. The van der Waals surface area contributed by atoms with Gasteiger partial charge in [-0.2, -0.15) is 5.10 Å². The molecule has 0 bridgehead atoms. The van der Waals surface area contributed by atoms with E-state index in [1.54, 1.807) is 7.11 Å². The molecule has 0 saturated heterocycles. The van der Waals surface area contributed by atoms with E-state index < -0.39 is 0 Å². The molecule has 0 saturated carbocycles. The highest BCUT2D eigenvalue weighted by atomic mass is 32.1. The van der Waals surface area contributed by atoms with Crippen molar-refractivity contribution in [3.63, 3.8) is 0 Å². The lowest BCUT2D eigenvalue weighted by Crippen LogP contribution is -2.26. The average Bonchev–Trinajstić information content (AvgIpc) is 3.00. The molecule has 0 radical (unpaired) electrons. The molecular formula is C21H26N4O2S. The van der Waals surface area contributed by atoms with E-state index in [4.69, 9.17) is 21.7 Å². The summed E-state index contributed by atoms with van der Waals surface area (Å²) in [6.45, 7) is 4.90. The Balaban J connectivity index is 1.66. The second-order valence-electron chi connectivity index (χ2n) is 6.49. The maximum Gasteiger partial charge on any atom is 0.198 e. The first-order valence-corrected chi connectivity index (χ1v) is 9.67. The second kappa shape index (κ2) is 9.52. The van der Waals surface area contributed by atoms with Crippen LogP contribution in [0.4, 0.5) is 0 Å². The van der Waals surface area contributed by atoms with Crippen LogP contribution in [0, 0.1) is 4.77 Å². The minimum Gasteiger partial charge on any atom is -0.497 e. The zero-order chi connectivity index (χ0) is 19.9. The highest BCUT2D eigenvalue weighted by molar-refractivity contribution is 7.71. The Morgan fingerprint density at radius 1 is 1.04 bits per heavy atom. The van der Waals surface area contributed by atoms with Gasteiger partial charge in [0.2, 0.25) is 0 Å². The third-order valence-electron chi connectivity index (χ3n) is 4.59. The smallest absolute Gasteiger partial charge is 0.198 e. The lowest BCUT2D eigenvalue weighted by atomic mass is 10.2. The molecular weight excluding hydrogens is 372 g/mol. The van der Waals surface area contributed by atoms with Gasteiger partial charge in [0.05, 0.1) is 13.8 Å². The van der Waals surface area contributed by atoms with Crippen LogP contribution < -0.4 is 9.47 Å². The Hall–Kier alpha value is -2.64. The van der Waals surface area contributed by atoms with Crippen LogP contribution in [0.25, 0.3) is 0 Å². The highest BCUT2D eigenvalue weighted by Gasteiger charge is 2.12. The van der Waals surface area contributed by atoms with Gasteiger partial charge in [-0.15, -0.1) is 0 Å². The van der Waals surface area contributed by atoms with Crippen LogP contribution >= 0.6 is 12.2 Å². The van der Waals surface area contributed by atoms with Crippen LogP contribution in [0.15, 0.2) is 54.6 Å². The maximum absolute atomic E-state index is 5.86. The summed E-state index contributed by atoms with van der Waals surface area (Å²) >= 11 is 5.57. The SMILES string of the molecule is CCN(Cc1ccccc1)Cn1nc(COc2ccc(OC)cc2)n(C)c1=S. The summed E-state index contributed by atoms with van der Waals surface area (Å²) < 4.78 is 15.5. The van der Waals surface area contributed by atoms with Crippen LogP contribution in [-0.2, 0) is 26.9 Å². The number of ether oxygens (including phenoxy) is 2. The molecule has 6 nitrogen and oxygen atoms in total. The summed E-state index contributed by atoms with van der Waals surface area (Å²) in [6.07, 6.45) is 0. The predicted molar refractivity (Wildman–Crippen MR) is 112 cm³/mol. The van der Waals surface area contributed by atoms with Crippen LogP contribution in [0.5, 0.6) is 11.5 Å². The fraction of sp³-hybridized carbons (Fsp3) is 0.333. The molecule has 1 heterocycles. The van der Waals surface area contributed by atoms with E-state index in [0.29, 0.717) is 18.0 Å². The number of hydrogen-bond donors (Lipinski definition) is 0. The minimum absolute atomic E-state index is 0.351.